The van der Waals surface area contributed by atoms with Crippen molar-refractivity contribution < 1.29 is 0 Å². The minimum absolute atomic E-state index is 0.542. The van der Waals surface area contributed by atoms with Gasteiger partial charge in [-0.2, -0.15) is 0 Å². The number of halogens is 1. The highest BCUT2D eigenvalue weighted by molar-refractivity contribution is 9.09. The molecule has 0 amide bonds. The van der Waals surface area contributed by atoms with Crippen LogP contribution >= 0.6 is 15.9 Å². The predicted octanol–water partition coefficient (Wildman–Crippen LogP) is 6.61. The van der Waals surface area contributed by atoms with Crippen LogP contribution < -0.4 is 0 Å². The highest BCUT2D eigenvalue weighted by Crippen LogP contribution is 2.34. The van der Waals surface area contributed by atoms with Crippen LogP contribution in [-0.2, 0) is 12.8 Å². The monoisotopic (exact) mass is 336 g/mol. The third-order valence-corrected chi connectivity index (χ3v) is 5.89. The first-order valence-electron chi connectivity index (χ1n) is 8.50. The van der Waals surface area contributed by atoms with Crippen LogP contribution in [0.4, 0.5) is 0 Å². The quantitative estimate of drug-likeness (QED) is 0.513. The van der Waals surface area contributed by atoms with Gasteiger partial charge in [0.25, 0.3) is 0 Å². The molecule has 0 radical (unpaired) electrons. The lowest BCUT2D eigenvalue weighted by atomic mass is 9.85. The molecule has 0 bridgehead atoms. The molecule has 0 aromatic heterocycles. The SMILES string of the molecule is CCc1ccc(C(Br)CCC2CCCCC2)cc1CC. The van der Waals surface area contributed by atoms with Gasteiger partial charge in [0, 0.05) is 4.83 Å². The summed E-state index contributed by atoms with van der Waals surface area (Å²) < 4.78 is 0. The van der Waals surface area contributed by atoms with E-state index < -0.39 is 0 Å². The van der Waals surface area contributed by atoms with Gasteiger partial charge in [-0.1, -0.05) is 80.1 Å². The molecule has 1 aliphatic rings. The summed E-state index contributed by atoms with van der Waals surface area (Å²) >= 11 is 3.92. The lowest BCUT2D eigenvalue weighted by molar-refractivity contribution is 0.332. The zero-order valence-corrected chi connectivity index (χ0v) is 14.7. The van der Waals surface area contributed by atoms with Gasteiger partial charge < -0.3 is 0 Å². The third kappa shape index (κ3) is 4.35. The largest absolute Gasteiger partial charge is 0.0839 e. The van der Waals surface area contributed by atoms with Crippen molar-refractivity contribution in [3.05, 3.63) is 34.9 Å². The topological polar surface area (TPSA) is 0 Å². The molecule has 20 heavy (non-hydrogen) atoms. The highest BCUT2D eigenvalue weighted by atomic mass is 79.9. The van der Waals surface area contributed by atoms with Crippen molar-refractivity contribution in [2.24, 2.45) is 5.92 Å². The summed E-state index contributed by atoms with van der Waals surface area (Å²) in [5.74, 6) is 0.990. The maximum Gasteiger partial charge on any atom is 0.0395 e. The minimum atomic E-state index is 0.542. The van der Waals surface area contributed by atoms with Gasteiger partial charge in [-0.3, -0.25) is 0 Å². The minimum Gasteiger partial charge on any atom is -0.0839 e. The van der Waals surface area contributed by atoms with E-state index in [0.29, 0.717) is 4.83 Å². The van der Waals surface area contributed by atoms with Crippen LogP contribution in [0, 0.1) is 5.92 Å². The fourth-order valence-corrected chi connectivity index (χ4v) is 4.09. The summed E-state index contributed by atoms with van der Waals surface area (Å²) in [6, 6.07) is 7.10. The molecule has 1 fully saturated rings. The van der Waals surface area contributed by atoms with Crippen LogP contribution in [0.1, 0.15) is 80.3 Å². The van der Waals surface area contributed by atoms with Crippen molar-refractivity contribution in [3.63, 3.8) is 0 Å². The second-order valence-corrected chi connectivity index (χ2v) is 7.39. The van der Waals surface area contributed by atoms with Gasteiger partial charge >= 0.3 is 0 Å². The van der Waals surface area contributed by atoms with E-state index in [4.69, 9.17) is 0 Å². The molecule has 1 saturated carbocycles. The molecule has 0 heterocycles. The molecule has 2 rings (SSSR count). The van der Waals surface area contributed by atoms with E-state index in [9.17, 15) is 0 Å². The predicted molar refractivity (Wildman–Crippen MR) is 92.7 cm³/mol. The van der Waals surface area contributed by atoms with Gasteiger partial charge in [-0.15, -0.1) is 0 Å². The molecule has 0 N–H and O–H groups in total. The van der Waals surface area contributed by atoms with E-state index in [1.807, 2.05) is 0 Å². The standard InChI is InChI=1S/C19H29Br/c1-3-16-11-12-18(14-17(16)4-2)19(20)13-10-15-8-6-5-7-9-15/h11-12,14-15,19H,3-10,13H2,1-2H3. The van der Waals surface area contributed by atoms with Gasteiger partial charge in [0.2, 0.25) is 0 Å². The second-order valence-electron chi connectivity index (χ2n) is 6.28. The molecule has 0 spiro atoms. The molecule has 0 aliphatic heterocycles. The Labute approximate surface area is 133 Å². The first-order chi connectivity index (χ1) is 9.74. The Morgan fingerprint density at radius 1 is 1.05 bits per heavy atom. The van der Waals surface area contributed by atoms with Crippen molar-refractivity contribution in [2.75, 3.05) is 0 Å². The maximum absolute atomic E-state index is 3.92. The number of alkyl halides is 1. The van der Waals surface area contributed by atoms with E-state index >= 15 is 0 Å². The average molecular weight is 337 g/mol. The Kier molecular flexibility index (Phi) is 6.61. The summed E-state index contributed by atoms with van der Waals surface area (Å²) in [6.45, 7) is 4.52. The smallest absolute Gasteiger partial charge is 0.0395 e. The number of hydrogen-bond donors (Lipinski definition) is 0. The van der Waals surface area contributed by atoms with Crippen molar-refractivity contribution in [2.45, 2.75) is 76.5 Å². The molecule has 1 heteroatoms. The summed E-state index contributed by atoms with van der Waals surface area (Å²) in [4.78, 5) is 0.542. The zero-order valence-electron chi connectivity index (χ0n) is 13.1. The number of hydrogen-bond acceptors (Lipinski definition) is 0. The van der Waals surface area contributed by atoms with Crippen molar-refractivity contribution in [1.29, 1.82) is 0 Å². The second kappa shape index (κ2) is 8.22. The van der Waals surface area contributed by atoms with E-state index in [2.05, 4.69) is 48.0 Å². The Hall–Kier alpha value is -0.300. The van der Waals surface area contributed by atoms with Gasteiger partial charge in [0.15, 0.2) is 0 Å². The Morgan fingerprint density at radius 2 is 1.75 bits per heavy atom. The summed E-state index contributed by atoms with van der Waals surface area (Å²) in [5.41, 5.74) is 4.53. The number of aryl methyl sites for hydroxylation is 2. The summed E-state index contributed by atoms with van der Waals surface area (Å²) in [6.07, 6.45) is 12.3. The molecule has 1 aromatic rings. The van der Waals surface area contributed by atoms with Crippen LogP contribution in [0.2, 0.25) is 0 Å². The molecular weight excluding hydrogens is 308 g/mol. The lowest BCUT2D eigenvalue weighted by Gasteiger charge is -2.23. The molecule has 112 valence electrons. The Balaban J connectivity index is 1.92. The first kappa shape index (κ1) is 16.1. The van der Waals surface area contributed by atoms with Crippen molar-refractivity contribution in [3.8, 4) is 0 Å². The van der Waals surface area contributed by atoms with Crippen molar-refractivity contribution >= 4 is 15.9 Å². The van der Waals surface area contributed by atoms with Gasteiger partial charge in [0.05, 0.1) is 0 Å². The Bertz CT molecular complexity index is 404. The molecule has 1 aromatic carbocycles. The van der Waals surface area contributed by atoms with E-state index in [0.717, 1.165) is 18.8 Å². The van der Waals surface area contributed by atoms with E-state index in [1.54, 1.807) is 0 Å². The zero-order chi connectivity index (χ0) is 14.4. The summed E-state index contributed by atoms with van der Waals surface area (Å²) in [7, 11) is 0. The first-order valence-corrected chi connectivity index (χ1v) is 9.41. The van der Waals surface area contributed by atoms with Gasteiger partial charge in [-0.25, -0.2) is 0 Å². The van der Waals surface area contributed by atoms with Crippen LogP contribution in [0.25, 0.3) is 0 Å². The normalized spacial score (nSPS) is 18.1. The summed E-state index contributed by atoms with van der Waals surface area (Å²) in [5, 5.41) is 0. The van der Waals surface area contributed by atoms with Crippen LogP contribution in [0.3, 0.4) is 0 Å². The molecule has 0 saturated heterocycles. The third-order valence-electron chi connectivity index (χ3n) is 4.91. The molecule has 0 nitrogen and oxygen atoms in total. The van der Waals surface area contributed by atoms with E-state index in [1.165, 1.54) is 61.6 Å². The highest BCUT2D eigenvalue weighted by Gasteiger charge is 2.16. The van der Waals surface area contributed by atoms with Crippen LogP contribution in [-0.4, -0.2) is 0 Å². The average Bonchev–Trinajstić information content (AvgIpc) is 2.52. The Morgan fingerprint density at radius 3 is 2.40 bits per heavy atom. The number of rotatable bonds is 6. The van der Waals surface area contributed by atoms with Gasteiger partial charge in [0.1, 0.15) is 0 Å². The van der Waals surface area contributed by atoms with Crippen LogP contribution in [0.15, 0.2) is 18.2 Å². The van der Waals surface area contributed by atoms with Crippen molar-refractivity contribution in [1.82, 2.24) is 0 Å². The lowest BCUT2D eigenvalue weighted by Crippen LogP contribution is -2.07. The molecular formula is C19H29Br. The molecule has 1 aliphatic carbocycles. The molecule has 1 atom stereocenters. The number of benzene rings is 1. The fourth-order valence-electron chi connectivity index (χ4n) is 3.54. The van der Waals surface area contributed by atoms with E-state index in [-0.39, 0.29) is 0 Å². The van der Waals surface area contributed by atoms with Gasteiger partial charge in [-0.05, 0) is 48.3 Å². The molecule has 1 unspecified atom stereocenters. The fraction of sp³-hybridized carbons (Fsp3) is 0.684. The maximum atomic E-state index is 3.92. The van der Waals surface area contributed by atoms with Crippen LogP contribution in [0.5, 0.6) is 0 Å².